The predicted octanol–water partition coefficient (Wildman–Crippen LogP) is 3.24. The first-order valence-electron chi connectivity index (χ1n) is 7.21. The molecule has 0 saturated heterocycles. The van der Waals surface area contributed by atoms with Crippen molar-refractivity contribution in [2.24, 2.45) is 0 Å². The number of hydrogen-bond acceptors (Lipinski definition) is 3. The van der Waals surface area contributed by atoms with Crippen molar-refractivity contribution in [2.45, 2.75) is 6.92 Å². The molecule has 0 aliphatic rings. The summed E-state index contributed by atoms with van der Waals surface area (Å²) < 4.78 is 1.39. The van der Waals surface area contributed by atoms with Gasteiger partial charge in [-0.25, -0.2) is 14.3 Å². The molecule has 0 unspecified atom stereocenters. The van der Waals surface area contributed by atoms with Crippen LogP contribution in [0.1, 0.15) is 26.4 Å². The Kier molecular flexibility index (Phi) is 3.87. The summed E-state index contributed by atoms with van der Waals surface area (Å²) >= 11 is 0. The minimum atomic E-state index is -1.38. The van der Waals surface area contributed by atoms with Gasteiger partial charge in [0.15, 0.2) is 5.69 Å². The van der Waals surface area contributed by atoms with Gasteiger partial charge in [-0.15, -0.1) is 0 Å². The summed E-state index contributed by atoms with van der Waals surface area (Å²) in [5, 5.41) is 23.0. The third-order valence-electron chi connectivity index (χ3n) is 3.69. The maximum atomic E-state index is 11.7. The van der Waals surface area contributed by atoms with Crippen molar-refractivity contribution in [1.82, 2.24) is 9.78 Å². The molecule has 6 nitrogen and oxygen atoms in total. The highest BCUT2D eigenvalue weighted by molar-refractivity contribution is 6.05. The first-order chi connectivity index (χ1) is 11.5. The average molecular weight is 322 g/mol. The highest BCUT2D eigenvalue weighted by Gasteiger charge is 2.29. The predicted molar refractivity (Wildman–Crippen MR) is 87.7 cm³/mol. The lowest BCUT2D eigenvalue weighted by Gasteiger charge is -2.11. The SMILES string of the molecule is Cc1ccccc1-n1nc(C(=O)O)c(C(=O)O)c1-c1ccccc1. The van der Waals surface area contributed by atoms with Crippen LogP contribution in [0.5, 0.6) is 0 Å². The topological polar surface area (TPSA) is 92.4 Å². The summed E-state index contributed by atoms with van der Waals surface area (Å²) in [7, 11) is 0. The van der Waals surface area contributed by atoms with E-state index in [-0.39, 0.29) is 11.3 Å². The molecule has 0 saturated carbocycles. The standard InChI is InChI=1S/C18H14N2O4/c1-11-7-5-6-10-13(11)20-16(12-8-3-2-4-9-12)14(17(21)22)15(19-20)18(23)24/h2-10H,1H3,(H,21,22)(H,23,24). The first kappa shape index (κ1) is 15.5. The van der Waals surface area contributed by atoms with Gasteiger partial charge in [0.25, 0.3) is 0 Å². The van der Waals surface area contributed by atoms with Crippen LogP contribution in [0.25, 0.3) is 16.9 Å². The van der Waals surface area contributed by atoms with Crippen LogP contribution in [0, 0.1) is 6.92 Å². The maximum Gasteiger partial charge on any atom is 0.357 e. The van der Waals surface area contributed by atoms with E-state index >= 15 is 0 Å². The van der Waals surface area contributed by atoms with Gasteiger partial charge >= 0.3 is 11.9 Å². The number of aryl methyl sites for hydroxylation is 1. The van der Waals surface area contributed by atoms with E-state index in [1.54, 1.807) is 42.5 Å². The zero-order valence-corrected chi connectivity index (χ0v) is 12.8. The summed E-state index contributed by atoms with van der Waals surface area (Å²) in [5.41, 5.74) is 1.51. The molecule has 0 fully saturated rings. The first-order valence-corrected chi connectivity index (χ1v) is 7.21. The number of aromatic nitrogens is 2. The van der Waals surface area contributed by atoms with Crippen molar-refractivity contribution in [3.8, 4) is 16.9 Å². The number of carboxylic acids is 2. The molecule has 3 rings (SSSR count). The number of carbonyl (C=O) groups is 2. The fraction of sp³-hybridized carbons (Fsp3) is 0.0556. The molecule has 0 spiro atoms. The lowest BCUT2D eigenvalue weighted by atomic mass is 10.0. The number of aromatic carboxylic acids is 2. The molecular formula is C18H14N2O4. The van der Waals surface area contributed by atoms with Crippen molar-refractivity contribution in [2.75, 3.05) is 0 Å². The molecule has 120 valence electrons. The molecule has 0 atom stereocenters. The number of carboxylic acid groups (broad SMARTS) is 2. The monoisotopic (exact) mass is 322 g/mol. The molecule has 2 aromatic carbocycles. The van der Waals surface area contributed by atoms with Crippen LogP contribution in [-0.2, 0) is 0 Å². The molecular weight excluding hydrogens is 308 g/mol. The van der Waals surface area contributed by atoms with Crippen molar-refractivity contribution < 1.29 is 19.8 Å². The summed E-state index contributed by atoms with van der Waals surface area (Å²) in [6.07, 6.45) is 0. The van der Waals surface area contributed by atoms with Crippen LogP contribution < -0.4 is 0 Å². The second kappa shape index (κ2) is 6.00. The van der Waals surface area contributed by atoms with Gasteiger partial charge in [0, 0.05) is 5.56 Å². The molecule has 0 aliphatic heterocycles. The van der Waals surface area contributed by atoms with Gasteiger partial charge < -0.3 is 10.2 Å². The van der Waals surface area contributed by atoms with Gasteiger partial charge in [-0.1, -0.05) is 48.5 Å². The van der Waals surface area contributed by atoms with E-state index in [2.05, 4.69) is 5.10 Å². The highest BCUT2D eigenvalue weighted by atomic mass is 16.4. The van der Waals surface area contributed by atoms with Gasteiger partial charge in [-0.2, -0.15) is 5.10 Å². The number of hydrogen-bond donors (Lipinski definition) is 2. The molecule has 2 N–H and O–H groups in total. The van der Waals surface area contributed by atoms with Crippen molar-refractivity contribution >= 4 is 11.9 Å². The van der Waals surface area contributed by atoms with E-state index < -0.39 is 17.6 Å². The van der Waals surface area contributed by atoms with E-state index in [0.717, 1.165) is 5.56 Å². The Morgan fingerprint density at radius 3 is 2.12 bits per heavy atom. The molecule has 1 aromatic heterocycles. The second-order valence-corrected chi connectivity index (χ2v) is 5.25. The second-order valence-electron chi connectivity index (χ2n) is 5.25. The van der Waals surface area contributed by atoms with E-state index in [0.29, 0.717) is 11.3 Å². The fourth-order valence-corrected chi connectivity index (χ4v) is 2.61. The molecule has 0 radical (unpaired) electrons. The van der Waals surface area contributed by atoms with Gasteiger partial charge in [-0.3, -0.25) is 0 Å². The lowest BCUT2D eigenvalue weighted by molar-refractivity contribution is 0.0648. The molecule has 24 heavy (non-hydrogen) atoms. The Morgan fingerprint density at radius 2 is 1.54 bits per heavy atom. The zero-order chi connectivity index (χ0) is 17.3. The Morgan fingerprint density at radius 1 is 0.917 bits per heavy atom. The minimum Gasteiger partial charge on any atom is -0.478 e. The highest BCUT2D eigenvalue weighted by Crippen LogP contribution is 2.30. The summed E-state index contributed by atoms with van der Waals surface area (Å²) in [6.45, 7) is 1.85. The number of nitrogens with zero attached hydrogens (tertiary/aromatic N) is 2. The third-order valence-corrected chi connectivity index (χ3v) is 3.69. The Hall–Kier alpha value is -3.41. The number of para-hydroxylation sites is 1. The summed E-state index contributed by atoms with van der Waals surface area (Å²) in [4.78, 5) is 23.2. The quantitative estimate of drug-likeness (QED) is 0.769. The summed E-state index contributed by atoms with van der Waals surface area (Å²) in [6, 6.07) is 16.0. The van der Waals surface area contributed by atoms with E-state index in [1.807, 2.05) is 19.1 Å². The molecule has 0 bridgehead atoms. The lowest BCUT2D eigenvalue weighted by Crippen LogP contribution is -2.07. The Balaban J connectivity index is 2.41. The maximum absolute atomic E-state index is 11.7. The molecule has 0 amide bonds. The molecule has 0 aliphatic carbocycles. The number of rotatable bonds is 4. The smallest absolute Gasteiger partial charge is 0.357 e. The van der Waals surface area contributed by atoms with Crippen molar-refractivity contribution in [1.29, 1.82) is 0 Å². The minimum absolute atomic E-state index is 0.245. The molecule has 3 aromatic rings. The van der Waals surface area contributed by atoms with Gasteiger partial charge in [-0.05, 0) is 18.6 Å². The largest absolute Gasteiger partial charge is 0.478 e. The van der Waals surface area contributed by atoms with Gasteiger partial charge in [0.05, 0.1) is 11.4 Å². The number of benzene rings is 2. The van der Waals surface area contributed by atoms with Gasteiger partial charge in [0.2, 0.25) is 0 Å². The third kappa shape index (κ3) is 2.54. The zero-order valence-electron chi connectivity index (χ0n) is 12.8. The van der Waals surface area contributed by atoms with E-state index in [9.17, 15) is 19.8 Å². The molecule has 1 heterocycles. The van der Waals surface area contributed by atoms with Crippen LogP contribution in [-0.4, -0.2) is 31.9 Å². The van der Waals surface area contributed by atoms with Crippen LogP contribution in [0.15, 0.2) is 54.6 Å². The van der Waals surface area contributed by atoms with Gasteiger partial charge in [0.1, 0.15) is 5.56 Å². The van der Waals surface area contributed by atoms with Crippen molar-refractivity contribution in [3.05, 3.63) is 71.4 Å². The Labute approximate surface area is 137 Å². The fourth-order valence-electron chi connectivity index (χ4n) is 2.61. The van der Waals surface area contributed by atoms with E-state index in [4.69, 9.17) is 0 Å². The summed E-state index contributed by atoms with van der Waals surface area (Å²) in [5.74, 6) is -2.71. The van der Waals surface area contributed by atoms with Crippen LogP contribution >= 0.6 is 0 Å². The van der Waals surface area contributed by atoms with Crippen LogP contribution in [0.3, 0.4) is 0 Å². The molecule has 6 heteroatoms. The Bertz CT molecular complexity index is 929. The van der Waals surface area contributed by atoms with E-state index in [1.165, 1.54) is 4.68 Å². The van der Waals surface area contributed by atoms with Crippen LogP contribution in [0.4, 0.5) is 0 Å². The average Bonchev–Trinajstić information content (AvgIpc) is 2.97. The van der Waals surface area contributed by atoms with Crippen molar-refractivity contribution in [3.63, 3.8) is 0 Å². The van der Waals surface area contributed by atoms with Crippen LogP contribution in [0.2, 0.25) is 0 Å². The normalized spacial score (nSPS) is 10.5.